The van der Waals surface area contributed by atoms with Gasteiger partial charge in [0.1, 0.15) is 12.2 Å². The fraction of sp³-hybridized carbons (Fsp3) is 0.565. The van der Waals surface area contributed by atoms with E-state index < -0.39 is 68.3 Å². The summed E-state index contributed by atoms with van der Waals surface area (Å²) >= 11 is 0. The van der Waals surface area contributed by atoms with Crippen molar-refractivity contribution in [1.82, 2.24) is 0 Å². The molecule has 2 rings (SSSR count). The Morgan fingerprint density at radius 2 is 1.44 bits per heavy atom. The fourth-order valence-electron chi connectivity index (χ4n) is 3.60. The van der Waals surface area contributed by atoms with Gasteiger partial charge in [-0.2, -0.15) is 0 Å². The standard InChI is InChI=1S/C23H31O12P/c1-6-29-36(28,30-7-2)13-18(31-14(3)24)19-20(34-22(27)17-11-9-8-10-12-17)21(32-15(4)25)23(35-19)33-16(5)26/h8-12,18-21,23H,6-7,13H2,1-5H3/t18-,19-,20-,21-,23-/m1/s1. The molecule has 13 heteroatoms. The second-order valence-corrected chi connectivity index (χ2v) is 9.77. The van der Waals surface area contributed by atoms with E-state index in [1.807, 2.05) is 0 Å². The Morgan fingerprint density at radius 1 is 0.861 bits per heavy atom. The van der Waals surface area contributed by atoms with E-state index in [4.69, 9.17) is 32.7 Å². The summed E-state index contributed by atoms with van der Waals surface area (Å²) in [5.41, 5.74) is 0.173. The lowest BCUT2D eigenvalue weighted by atomic mass is 10.1. The molecule has 200 valence electrons. The summed E-state index contributed by atoms with van der Waals surface area (Å²) in [6.07, 6.45) is -7.56. The van der Waals surface area contributed by atoms with Crippen molar-refractivity contribution in [2.45, 2.75) is 65.3 Å². The molecule has 0 unspecified atom stereocenters. The van der Waals surface area contributed by atoms with Gasteiger partial charge in [-0.1, -0.05) is 18.2 Å². The first-order valence-corrected chi connectivity index (χ1v) is 13.0. The average Bonchev–Trinajstić information content (AvgIpc) is 3.09. The van der Waals surface area contributed by atoms with Gasteiger partial charge in [-0.15, -0.1) is 0 Å². The third-order valence-electron chi connectivity index (χ3n) is 4.78. The molecule has 0 aliphatic carbocycles. The summed E-state index contributed by atoms with van der Waals surface area (Å²) in [4.78, 5) is 48.4. The molecule has 1 saturated heterocycles. The highest BCUT2D eigenvalue weighted by Crippen LogP contribution is 2.50. The summed E-state index contributed by atoms with van der Waals surface area (Å²) in [6.45, 7) is 6.62. The molecule has 12 nitrogen and oxygen atoms in total. The highest BCUT2D eigenvalue weighted by atomic mass is 31.2. The van der Waals surface area contributed by atoms with Crippen LogP contribution in [0.3, 0.4) is 0 Å². The largest absolute Gasteiger partial charge is 0.459 e. The van der Waals surface area contributed by atoms with Crippen molar-refractivity contribution in [1.29, 1.82) is 0 Å². The van der Waals surface area contributed by atoms with E-state index in [0.29, 0.717) is 0 Å². The van der Waals surface area contributed by atoms with Crippen LogP contribution in [0.5, 0.6) is 0 Å². The summed E-state index contributed by atoms with van der Waals surface area (Å²) in [5, 5.41) is 0. The molecule has 1 fully saturated rings. The lowest BCUT2D eigenvalue weighted by molar-refractivity contribution is -0.200. The molecule has 1 aliphatic rings. The van der Waals surface area contributed by atoms with E-state index in [1.54, 1.807) is 32.0 Å². The number of ether oxygens (including phenoxy) is 5. The van der Waals surface area contributed by atoms with Gasteiger partial charge in [0.05, 0.1) is 24.9 Å². The lowest BCUT2D eigenvalue weighted by Gasteiger charge is -2.29. The highest BCUT2D eigenvalue weighted by molar-refractivity contribution is 7.53. The van der Waals surface area contributed by atoms with Crippen LogP contribution in [-0.4, -0.2) is 74.0 Å². The van der Waals surface area contributed by atoms with Crippen molar-refractivity contribution < 1.29 is 56.5 Å². The van der Waals surface area contributed by atoms with Crippen molar-refractivity contribution >= 4 is 31.5 Å². The van der Waals surface area contributed by atoms with Crippen LogP contribution in [0.2, 0.25) is 0 Å². The topological polar surface area (TPSA) is 150 Å². The fourth-order valence-corrected chi connectivity index (χ4v) is 5.40. The van der Waals surface area contributed by atoms with Gasteiger partial charge in [0.2, 0.25) is 12.4 Å². The number of carbonyl (C=O) groups excluding carboxylic acids is 4. The van der Waals surface area contributed by atoms with Gasteiger partial charge in [-0.05, 0) is 26.0 Å². The minimum atomic E-state index is -3.81. The van der Waals surface area contributed by atoms with Gasteiger partial charge in [0.15, 0.2) is 6.10 Å². The molecule has 1 aromatic carbocycles. The summed E-state index contributed by atoms with van der Waals surface area (Å²) < 4.78 is 51.2. The zero-order valence-corrected chi connectivity index (χ0v) is 21.6. The van der Waals surface area contributed by atoms with E-state index in [9.17, 15) is 23.7 Å². The van der Waals surface area contributed by atoms with Crippen LogP contribution in [0.4, 0.5) is 0 Å². The smallest absolute Gasteiger partial charge is 0.338 e. The highest BCUT2D eigenvalue weighted by Gasteiger charge is 2.56. The van der Waals surface area contributed by atoms with Gasteiger partial charge in [0, 0.05) is 20.8 Å². The Hall–Kier alpha value is -2.79. The maximum absolute atomic E-state index is 13.3. The van der Waals surface area contributed by atoms with Crippen molar-refractivity contribution in [3.8, 4) is 0 Å². The van der Waals surface area contributed by atoms with Crippen LogP contribution >= 0.6 is 7.60 Å². The molecule has 1 heterocycles. The Kier molecular flexibility index (Phi) is 11.0. The Morgan fingerprint density at radius 3 is 1.94 bits per heavy atom. The monoisotopic (exact) mass is 530 g/mol. The molecule has 5 atom stereocenters. The second kappa shape index (κ2) is 13.5. The lowest BCUT2D eigenvalue weighted by Crippen LogP contribution is -2.46. The van der Waals surface area contributed by atoms with Crippen LogP contribution < -0.4 is 0 Å². The Balaban J connectivity index is 2.51. The van der Waals surface area contributed by atoms with Gasteiger partial charge >= 0.3 is 31.5 Å². The first-order valence-electron chi connectivity index (χ1n) is 11.3. The molecule has 1 aliphatic heterocycles. The first kappa shape index (κ1) is 29.4. The quantitative estimate of drug-likeness (QED) is 0.222. The number of esters is 4. The Labute approximate surface area is 209 Å². The predicted octanol–water partition coefficient (Wildman–Crippen LogP) is 2.63. The molecule has 36 heavy (non-hydrogen) atoms. The zero-order valence-electron chi connectivity index (χ0n) is 20.7. The maximum Gasteiger partial charge on any atom is 0.338 e. The van der Waals surface area contributed by atoms with Crippen LogP contribution in [0.15, 0.2) is 30.3 Å². The van der Waals surface area contributed by atoms with Crippen LogP contribution in [0, 0.1) is 0 Å². The van der Waals surface area contributed by atoms with Crippen molar-refractivity contribution in [3.63, 3.8) is 0 Å². The van der Waals surface area contributed by atoms with E-state index in [-0.39, 0.29) is 18.8 Å². The van der Waals surface area contributed by atoms with Gasteiger partial charge in [0.25, 0.3) is 0 Å². The molecule has 0 bridgehead atoms. The molecule has 0 saturated carbocycles. The van der Waals surface area contributed by atoms with Crippen LogP contribution in [0.25, 0.3) is 0 Å². The van der Waals surface area contributed by atoms with Crippen molar-refractivity contribution in [2.75, 3.05) is 19.4 Å². The van der Waals surface area contributed by atoms with Gasteiger partial charge < -0.3 is 32.7 Å². The van der Waals surface area contributed by atoms with E-state index in [0.717, 1.165) is 20.8 Å². The molecular weight excluding hydrogens is 499 g/mol. The molecule has 0 aromatic heterocycles. The van der Waals surface area contributed by atoms with Crippen molar-refractivity contribution in [3.05, 3.63) is 35.9 Å². The van der Waals surface area contributed by atoms with Crippen LogP contribution in [0.1, 0.15) is 45.0 Å². The summed E-state index contributed by atoms with van der Waals surface area (Å²) in [7, 11) is -3.81. The SMILES string of the molecule is CCOP(=O)(C[C@@H](OC(C)=O)[C@H]1O[C@@H](OC(C)=O)[C@H](OC(C)=O)[C@@H]1OC(=O)c1ccccc1)OCC. The van der Waals surface area contributed by atoms with E-state index in [1.165, 1.54) is 12.1 Å². The first-order chi connectivity index (χ1) is 17.0. The van der Waals surface area contributed by atoms with Crippen LogP contribution in [-0.2, 0) is 51.7 Å². The maximum atomic E-state index is 13.3. The summed E-state index contributed by atoms with van der Waals surface area (Å²) in [6, 6.07) is 7.93. The average molecular weight is 530 g/mol. The van der Waals surface area contributed by atoms with E-state index >= 15 is 0 Å². The number of rotatable bonds is 12. The molecule has 0 N–H and O–H groups in total. The third-order valence-corrected chi connectivity index (χ3v) is 6.89. The van der Waals surface area contributed by atoms with Crippen molar-refractivity contribution in [2.24, 2.45) is 0 Å². The summed E-state index contributed by atoms with van der Waals surface area (Å²) in [5.74, 6) is -3.13. The minimum Gasteiger partial charge on any atom is -0.459 e. The molecular formula is C23H31O12P. The number of hydrogen-bond donors (Lipinski definition) is 0. The normalized spacial score (nSPS) is 22.4. The molecule has 1 aromatic rings. The predicted molar refractivity (Wildman–Crippen MR) is 123 cm³/mol. The minimum absolute atomic E-state index is 0.0359. The number of carbonyl (C=O) groups is 4. The van der Waals surface area contributed by atoms with Gasteiger partial charge in [-0.3, -0.25) is 18.9 Å². The second-order valence-electron chi connectivity index (χ2n) is 7.67. The van der Waals surface area contributed by atoms with Gasteiger partial charge in [-0.25, -0.2) is 4.79 Å². The zero-order chi connectivity index (χ0) is 26.9. The number of hydrogen-bond acceptors (Lipinski definition) is 12. The molecule has 0 radical (unpaired) electrons. The third kappa shape index (κ3) is 8.41. The Bertz CT molecular complexity index is 955. The van der Waals surface area contributed by atoms with E-state index in [2.05, 4.69) is 0 Å². The number of benzene rings is 1. The molecule has 0 amide bonds. The molecule has 0 spiro atoms.